The molecule has 0 spiro atoms. The molecule has 0 aromatic carbocycles. The molecule has 0 rings (SSSR count). The van der Waals surface area contributed by atoms with E-state index in [1.165, 1.54) is 5.70 Å². The van der Waals surface area contributed by atoms with E-state index >= 15 is 0 Å². The second kappa shape index (κ2) is 5.02. The van der Waals surface area contributed by atoms with E-state index in [1.807, 2.05) is 6.08 Å². The number of hydrogen-bond donors (Lipinski definition) is 0. The summed E-state index contributed by atoms with van der Waals surface area (Å²) >= 11 is 0. The predicted molar refractivity (Wildman–Crippen MR) is 56.0 cm³/mol. The van der Waals surface area contributed by atoms with Crippen molar-refractivity contribution in [2.45, 2.75) is 33.7 Å². The van der Waals surface area contributed by atoms with E-state index in [4.69, 9.17) is 0 Å². The molecule has 0 aromatic heterocycles. The SMILES string of the molecule is C=C/C=C(/C(C)C)N(C)C(C)C. The highest BCUT2D eigenvalue weighted by Gasteiger charge is 2.10. The second-order valence-electron chi connectivity index (χ2n) is 3.69. The molecule has 0 saturated heterocycles. The first-order valence-corrected chi connectivity index (χ1v) is 4.56. The molecule has 0 aliphatic heterocycles. The summed E-state index contributed by atoms with van der Waals surface area (Å²) in [5.74, 6) is 0.565. The van der Waals surface area contributed by atoms with Gasteiger partial charge in [-0.15, -0.1) is 0 Å². The molecule has 0 unspecified atom stereocenters. The maximum atomic E-state index is 3.72. The van der Waals surface area contributed by atoms with Crippen molar-refractivity contribution in [3.63, 3.8) is 0 Å². The maximum absolute atomic E-state index is 3.72. The third kappa shape index (κ3) is 3.12. The molecule has 0 aliphatic rings. The maximum Gasteiger partial charge on any atom is 0.0227 e. The van der Waals surface area contributed by atoms with Crippen molar-refractivity contribution >= 4 is 0 Å². The van der Waals surface area contributed by atoms with E-state index < -0.39 is 0 Å². The smallest absolute Gasteiger partial charge is 0.0227 e. The molecular weight excluding hydrogens is 146 g/mol. The Morgan fingerprint density at radius 3 is 2.00 bits per heavy atom. The Morgan fingerprint density at radius 2 is 1.75 bits per heavy atom. The van der Waals surface area contributed by atoms with Crippen LogP contribution < -0.4 is 0 Å². The Kier molecular flexibility index (Phi) is 4.72. The average molecular weight is 167 g/mol. The van der Waals surface area contributed by atoms with Crippen LogP contribution in [0.1, 0.15) is 27.7 Å². The molecule has 70 valence electrons. The van der Waals surface area contributed by atoms with E-state index in [9.17, 15) is 0 Å². The molecule has 0 bridgehead atoms. The van der Waals surface area contributed by atoms with Crippen molar-refractivity contribution in [2.24, 2.45) is 5.92 Å². The third-order valence-electron chi connectivity index (χ3n) is 2.06. The van der Waals surface area contributed by atoms with Crippen molar-refractivity contribution in [3.8, 4) is 0 Å². The minimum absolute atomic E-state index is 0.554. The lowest BCUT2D eigenvalue weighted by molar-refractivity contribution is 0.312. The molecule has 0 amide bonds. The summed E-state index contributed by atoms with van der Waals surface area (Å²) in [7, 11) is 2.12. The Hall–Kier alpha value is -0.720. The fraction of sp³-hybridized carbons (Fsp3) is 0.636. The third-order valence-corrected chi connectivity index (χ3v) is 2.06. The molecule has 0 aromatic rings. The van der Waals surface area contributed by atoms with Crippen molar-refractivity contribution in [2.75, 3.05) is 7.05 Å². The highest BCUT2D eigenvalue weighted by atomic mass is 15.1. The Bertz CT molecular complexity index is 166. The van der Waals surface area contributed by atoms with Crippen LogP contribution in [0.3, 0.4) is 0 Å². The first-order chi connectivity index (χ1) is 5.50. The van der Waals surface area contributed by atoms with Gasteiger partial charge in [0.05, 0.1) is 0 Å². The van der Waals surface area contributed by atoms with Gasteiger partial charge < -0.3 is 4.90 Å². The Labute approximate surface area is 76.8 Å². The fourth-order valence-electron chi connectivity index (χ4n) is 1.14. The van der Waals surface area contributed by atoms with Crippen LogP contribution in [0.4, 0.5) is 0 Å². The summed E-state index contributed by atoms with van der Waals surface area (Å²) in [6.45, 7) is 12.5. The summed E-state index contributed by atoms with van der Waals surface area (Å²) in [4.78, 5) is 2.28. The van der Waals surface area contributed by atoms with Gasteiger partial charge in [0.2, 0.25) is 0 Å². The van der Waals surface area contributed by atoms with Gasteiger partial charge in [-0.05, 0) is 25.8 Å². The van der Waals surface area contributed by atoms with Gasteiger partial charge in [-0.25, -0.2) is 0 Å². The molecule has 0 saturated carbocycles. The minimum Gasteiger partial charge on any atom is -0.375 e. The van der Waals surface area contributed by atoms with Crippen molar-refractivity contribution in [3.05, 3.63) is 24.4 Å². The largest absolute Gasteiger partial charge is 0.375 e. The van der Waals surface area contributed by atoms with Crippen molar-refractivity contribution in [1.82, 2.24) is 4.90 Å². The lowest BCUT2D eigenvalue weighted by Crippen LogP contribution is -2.27. The number of allylic oxidation sites excluding steroid dienone is 3. The van der Waals surface area contributed by atoms with Crippen LogP contribution in [-0.2, 0) is 0 Å². The normalized spacial score (nSPS) is 12.4. The van der Waals surface area contributed by atoms with E-state index in [0.29, 0.717) is 12.0 Å². The van der Waals surface area contributed by atoms with Crippen LogP contribution in [0.15, 0.2) is 24.4 Å². The number of rotatable bonds is 4. The van der Waals surface area contributed by atoms with Gasteiger partial charge in [0.15, 0.2) is 0 Å². The van der Waals surface area contributed by atoms with Gasteiger partial charge in [0, 0.05) is 18.8 Å². The molecule has 0 heterocycles. The first kappa shape index (κ1) is 11.3. The zero-order valence-electron chi connectivity index (χ0n) is 8.96. The van der Waals surface area contributed by atoms with Crippen LogP contribution in [0, 0.1) is 5.92 Å². The summed E-state index contributed by atoms with van der Waals surface area (Å²) in [6, 6.07) is 0.554. The Balaban J connectivity index is 4.51. The van der Waals surface area contributed by atoms with Crippen LogP contribution in [0.25, 0.3) is 0 Å². The fourth-order valence-corrected chi connectivity index (χ4v) is 1.14. The van der Waals surface area contributed by atoms with Crippen LogP contribution >= 0.6 is 0 Å². The van der Waals surface area contributed by atoms with Gasteiger partial charge in [-0.2, -0.15) is 0 Å². The van der Waals surface area contributed by atoms with Crippen LogP contribution in [-0.4, -0.2) is 18.0 Å². The molecule has 1 heteroatoms. The van der Waals surface area contributed by atoms with Gasteiger partial charge in [-0.3, -0.25) is 0 Å². The van der Waals surface area contributed by atoms with Gasteiger partial charge in [-0.1, -0.05) is 26.5 Å². The van der Waals surface area contributed by atoms with Gasteiger partial charge in [0.1, 0.15) is 0 Å². The molecule has 1 nitrogen and oxygen atoms in total. The molecule has 0 N–H and O–H groups in total. The van der Waals surface area contributed by atoms with Crippen molar-refractivity contribution in [1.29, 1.82) is 0 Å². The topological polar surface area (TPSA) is 3.24 Å². The molecule has 12 heavy (non-hydrogen) atoms. The minimum atomic E-state index is 0.554. The lowest BCUT2D eigenvalue weighted by Gasteiger charge is -2.29. The zero-order valence-corrected chi connectivity index (χ0v) is 8.96. The van der Waals surface area contributed by atoms with Gasteiger partial charge in [0.25, 0.3) is 0 Å². The quantitative estimate of drug-likeness (QED) is 0.582. The number of nitrogens with zero attached hydrogens (tertiary/aromatic N) is 1. The summed E-state index contributed by atoms with van der Waals surface area (Å²) in [5, 5.41) is 0. The predicted octanol–water partition coefficient (Wildman–Crippen LogP) is 3.05. The van der Waals surface area contributed by atoms with Crippen LogP contribution in [0.2, 0.25) is 0 Å². The second-order valence-corrected chi connectivity index (χ2v) is 3.69. The Morgan fingerprint density at radius 1 is 1.25 bits per heavy atom. The van der Waals surface area contributed by atoms with Gasteiger partial charge >= 0.3 is 0 Å². The molecule has 0 radical (unpaired) electrons. The standard InChI is InChI=1S/C11H21N/c1-7-8-11(9(2)3)12(6)10(4)5/h7-10H,1H2,2-6H3/b11-8-. The molecule has 0 atom stereocenters. The van der Waals surface area contributed by atoms with E-state index in [-0.39, 0.29) is 0 Å². The van der Waals surface area contributed by atoms with E-state index in [1.54, 1.807) is 0 Å². The lowest BCUT2D eigenvalue weighted by atomic mass is 10.1. The first-order valence-electron chi connectivity index (χ1n) is 4.56. The molecule has 0 fully saturated rings. The van der Waals surface area contributed by atoms with E-state index in [2.05, 4.69) is 52.3 Å². The molecule has 0 aliphatic carbocycles. The highest BCUT2D eigenvalue weighted by molar-refractivity contribution is 5.11. The highest BCUT2D eigenvalue weighted by Crippen LogP contribution is 2.15. The average Bonchev–Trinajstić information content (AvgIpc) is 1.98. The monoisotopic (exact) mass is 167 g/mol. The summed E-state index contributed by atoms with van der Waals surface area (Å²) in [6.07, 6.45) is 3.94. The van der Waals surface area contributed by atoms with E-state index in [0.717, 1.165) is 0 Å². The summed E-state index contributed by atoms with van der Waals surface area (Å²) < 4.78 is 0. The number of hydrogen-bond acceptors (Lipinski definition) is 1. The molecular formula is C11H21N. The van der Waals surface area contributed by atoms with Crippen LogP contribution in [0.5, 0.6) is 0 Å². The zero-order chi connectivity index (χ0) is 9.72. The van der Waals surface area contributed by atoms with Crippen molar-refractivity contribution < 1.29 is 0 Å². The summed E-state index contributed by atoms with van der Waals surface area (Å²) in [5.41, 5.74) is 1.35.